The van der Waals surface area contributed by atoms with Crippen molar-refractivity contribution in [1.29, 1.82) is 0 Å². The molecule has 3 N–H and O–H groups in total. The summed E-state index contributed by atoms with van der Waals surface area (Å²) in [6.45, 7) is 2.54. The first kappa shape index (κ1) is 16.1. The summed E-state index contributed by atoms with van der Waals surface area (Å²) in [7, 11) is 0. The van der Waals surface area contributed by atoms with Gasteiger partial charge in [0, 0.05) is 17.0 Å². The van der Waals surface area contributed by atoms with Crippen LogP contribution in [0.15, 0.2) is 33.7 Å². The van der Waals surface area contributed by atoms with Gasteiger partial charge in [0.1, 0.15) is 11.3 Å². The molecule has 5 heteroatoms. The van der Waals surface area contributed by atoms with Gasteiger partial charge in [-0.3, -0.25) is 0 Å². The SMILES string of the molecule is Cc1oc2ccccc2c1CN=C(N)NC1CCCC1.I. The number of nitrogens with two attached hydrogens (primary N) is 1. The summed E-state index contributed by atoms with van der Waals surface area (Å²) in [5.41, 5.74) is 8.01. The summed E-state index contributed by atoms with van der Waals surface area (Å²) < 4.78 is 5.73. The first-order valence-electron chi connectivity index (χ1n) is 7.27. The third-order valence-electron chi connectivity index (χ3n) is 4.01. The number of halogens is 1. The van der Waals surface area contributed by atoms with Gasteiger partial charge >= 0.3 is 0 Å². The predicted octanol–water partition coefficient (Wildman–Crippen LogP) is 3.71. The minimum Gasteiger partial charge on any atom is -0.461 e. The zero-order valence-electron chi connectivity index (χ0n) is 12.3. The van der Waals surface area contributed by atoms with E-state index < -0.39 is 0 Å². The van der Waals surface area contributed by atoms with E-state index in [0.717, 1.165) is 22.3 Å². The van der Waals surface area contributed by atoms with Gasteiger partial charge in [-0.25, -0.2) is 4.99 Å². The van der Waals surface area contributed by atoms with Crippen LogP contribution in [0.1, 0.15) is 37.0 Å². The van der Waals surface area contributed by atoms with Crippen molar-refractivity contribution >= 4 is 40.9 Å². The van der Waals surface area contributed by atoms with Gasteiger partial charge in [-0.15, -0.1) is 24.0 Å². The average molecular weight is 399 g/mol. The van der Waals surface area contributed by atoms with Crippen molar-refractivity contribution in [3.8, 4) is 0 Å². The number of fused-ring (bicyclic) bond motifs is 1. The van der Waals surface area contributed by atoms with E-state index in [1.807, 2.05) is 25.1 Å². The standard InChI is InChI=1S/C16H21N3O.HI/c1-11-14(13-8-4-5-9-15(13)20-11)10-18-16(17)19-12-6-2-3-7-12;/h4-5,8-9,12H,2-3,6-7,10H2,1H3,(H3,17,18,19);1H. The van der Waals surface area contributed by atoms with E-state index in [0.29, 0.717) is 18.5 Å². The highest BCUT2D eigenvalue weighted by Crippen LogP contribution is 2.25. The number of benzene rings is 1. The molecule has 1 aromatic heterocycles. The minimum absolute atomic E-state index is 0. The fraction of sp³-hybridized carbons (Fsp3) is 0.438. The molecular formula is C16H22IN3O. The number of rotatable bonds is 3. The molecule has 1 heterocycles. The second-order valence-corrected chi connectivity index (χ2v) is 5.46. The lowest BCUT2D eigenvalue weighted by molar-refractivity contribution is 0.572. The number of hydrogen-bond donors (Lipinski definition) is 2. The summed E-state index contributed by atoms with van der Waals surface area (Å²) >= 11 is 0. The Morgan fingerprint density at radius 3 is 2.81 bits per heavy atom. The van der Waals surface area contributed by atoms with Crippen molar-refractivity contribution in [2.45, 2.75) is 45.2 Å². The fourth-order valence-electron chi connectivity index (χ4n) is 2.91. The molecule has 1 aliphatic rings. The molecule has 0 radical (unpaired) electrons. The highest BCUT2D eigenvalue weighted by molar-refractivity contribution is 14.0. The molecule has 0 aliphatic heterocycles. The first-order valence-corrected chi connectivity index (χ1v) is 7.27. The van der Waals surface area contributed by atoms with Crippen LogP contribution in [0.5, 0.6) is 0 Å². The molecular weight excluding hydrogens is 377 g/mol. The van der Waals surface area contributed by atoms with Crippen molar-refractivity contribution < 1.29 is 4.42 Å². The molecule has 1 fully saturated rings. The Morgan fingerprint density at radius 1 is 1.33 bits per heavy atom. The van der Waals surface area contributed by atoms with Crippen molar-refractivity contribution in [3.05, 3.63) is 35.6 Å². The van der Waals surface area contributed by atoms with Crippen molar-refractivity contribution in [2.24, 2.45) is 10.7 Å². The highest BCUT2D eigenvalue weighted by atomic mass is 127. The highest BCUT2D eigenvalue weighted by Gasteiger charge is 2.15. The molecule has 2 aromatic rings. The second kappa shape index (κ2) is 7.15. The van der Waals surface area contributed by atoms with Crippen LogP contribution in [0.25, 0.3) is 11.0 Å². The van der Waals surface area contributed by atoms with Gasteiger partial charge in [0.25, 0.3) is 0 Å². The maximum atomic E-state index is 5.97. The number of nitrogens with zero attached hydrogens (tertiary/aromatic N) is 1. The van der Waals surface area contributed by atoms with Crippen molar-refractivity contribution in [2.75, 3.05) is 0 Å². The molecule has 0 amide bonds. The zero-order chi connectivity index (χ0) is 13.9. The summed E-state index contributed by atoms with van der Waals surface area (Å²) in [6.07, 6.45) is 4.97. The van der Waals surface area contributed by atoms with Gasteiger partial charge in [-0.2, -0.15) is 0 Å². The van der Waals surface area contributed by atoms with Gasteiger partial charge in [0.15, 0.2) is 5.96 Å². The Balaban J connectivity index is 0.00000161. The van der Waals surface area contributed by atoms with E-state index in [2.05, 4.69) is 16.4 Å². The Morgan fingerprint density at radius 2 is 2.05 bits per heavy atom. The zero-order valence-corrected chi connectivity index (χ0v) is 14.6. The molecule has 1 saturated carbocycles. The normalized spacial score (nSPS) is 16.1. The van der Waals surface area contributed by atoms with Crippen LogP contribution >= 0.6 is 24.0 Å². The van der Waals surface area contributed by atoms with Crippen LogP contribution in [0.3, 0.4) is 0 Å². The first-order chi connectivity index (χ1) is 9.74. The molecule has 3 rings (SSSR count). The third kappa shape index (κ3) is 3.70. The molecule has 4 nitrogen and oxygen atoms in total. The van der Waals surface area contributed by atoms with Gasteiger partial charge in [-0.05, 0) is 25.8 Å². The molecule has 114 valence electrons. The lowest BCUT2D eigenvalue weighted by atomic mass is 10.1. The second-order valence-electron chi connectivity index (χ2n) is 5.46. The monoisotopic (exact) mass is 399 g/mol. The molecule has 21 heavy (non-hydrogen) atoms. The van der Waals surface area contributed by atoms with Crippen molar-refractivity contribution in [1.82, 2.24) is 5.32 Å². The van der Waals surface area contributed by atoms with Gasteiger partial charge in [-0.1, -0.05) is 31.0 Å². The van der Waals surface area contributed by atoms with E-state index in [1.54, 1.807) is 0 Å². The third-order valence-corrected chi connectivity index (χ3v) is 4.01. The smallest absolute Gasteiger partial charge is 0.189 e. The van der Waals surface area contributed by atoms with Crippen LogP contribution in [0, 0.1) is 6.92 Å². The predicted molar refractivity (Wildman–Crippen MR) is 97.1 cm³/mol. The molecule has 0 bridgehead atoms. The summed E-state index contributed by atoms with van der Waals surface area (Å²) in [5, 5.41) is 4.43. The molecule has 0 atom stereocenters. The van der Waals surface area contributed by atoms with E-state index in [9.17, 15) is 0 Å². The van der Waals surface area contributed by atoms with Gasteiger partial charge < -0.3 is 15.5 Å². The molecule has 1 aromatic carbocycles. The van der Waals surface area contributed by atoms with Gasteiger partial charge in [0.05, 0.1) is 6.54 Å². The lowest BCUT2D eigenvalue weighted by Crippen LogP contribution is -2.38. The Kier molecular flexibility index (Phi) is 5.50. The van der Waals surface area contributed by atoms with Crippen LogP contribution in [-0.2, 0) is 6.54 Å². The Bertz CT molecular complexity index is 629. The molecule has 1 aliphatic carbocycles. The minimum atomic E-state index is 0. The molecule has 0 unspecified atom stereocenters. The summed E-state index contributed by atoms with van der Waals surface area (Å²) in [6, 6.07) is 8.55. The van der Waals surface area contributed by atoms with E-state index in [-0.39, 0.29) is 24.0 Å². The number of hydrogen-bond acceptors (Lipinski definition) is 2. The van der Waals surface area contributed by atoms with Crippen LogP contribution in [0.2, 0.25) is 0 Å². The maximum absolute atomic E-state index is 5.97. The fourth-order valence-corrected chi connectivity index (χ4v) is 2.91. The Hall–Kier alpha value is -1.24. The van der Waals surface area contributed by atoms with E-state index in [4.69, 9.17) is 10.2 Å². The molecule has 0 saturated heterocycles. The number of para-hydroxylation sites is 1. The van der Waals surface area contributed by atoms with Gasteiger partial charge in [0.2, 0.25) is 0 Å². The van der Waals surface area contributed by atoms with Crippen LogP contribution in [0.4, 0.5) is 0 Å². The number of aryl methyl sites for hydroxylation is 1. The Labute approximate surface area is 142 Å². The quantitative estimate of drug-likeness (QED) is 0.470. The number of furan rings is 1. The van der Waals surface area contributed by atoms with Crippen LogP contribution in [-0.4, -0.2) is 12.0 Å². The number of guanidine groups is 1. The van der Waals surface area contributed by atoms with Crippen molar-refractivity contribution in [3.63, 3.8) is 0 Å². The average Bonchev–Trinajstić information content (AvgIpc) is 3.03. The maximum Gasteiger partial charge on any atom is 0.189 e. The summed E-state index contributed by atoms with van der Waals surface area (Å²) in [4.78, 5) is 4.46. The summed E-state index contributed by atoms with van der Waals surface area (Å²) in [5.74, 6) is 1.46. The van der Waals surface area contributed by atoms with E-state index >= 15 is 0 Å². The largest absolute Gasteiger partial charge is 0.461 e. The lowest BCUT2D eigenvalue weighted by Gasteiger charge is -2.12. The number of nitrogens with one attached hydrogen (secondary N) is 1. The van der Waals surface area contributed by atoms with E-state index in [1.165, 1.54) is 25.7 Å². The topological polar surface area (TPSA) is 63.5 Å². The molecule has 0 spiro atoms. The number of aliphatic imine (C=N–C) groups is 1. The van der Waals surface area contributed by atoms with Crippen LogP contribution < -0.4 is 11.1 Å².